The Morgan fingerprint density at radius 3 is 2.74 bits per heavy atom. The molecule has 2 aromatic rings. The zero-order chi connectivity index (χ0) is 16.4. The Morgan fingerprint density at radius 1 is 1.30 bits per heavy atom. The summed E-state index contributed by atoms with van der Waals surface area (Å²) in [6.45, 7) is 5.23. The molecular formula is C19H24N2O2. The molecule has 0 bridgehead atoms. The fourth-order valence-corrected chi connectivity index (χ4v) is 3.23. The van der Waals surface area contributed by atoms with Gasteiger partial charge in [0.15, 0.2) is 0 Å². The van der Waals surface area contributed by atoms with Crippen LogP contribution in [-0.4, -0.2) is 24.5 Å². The molecule has 1 N–H and O–H groups in total. The van der Waals surface area contributed by atoms with Crippen LogP contribution >= 0.6 is 0 Å². The minimum absolute atomic E-state index is 0.0854. The number of pyridine rings is 1. The maximum atomic E-state index is 12.4. The van der Waals surface area contributed by atoms with Crippen LogP contribution in [-0.2, 0) is 0 Å². The van der Waals surface area contributed by atoms with Gasteiger partial charge in [0.25, 0.3) is 5.91 Å². The Hall–Kier alpha value is -2.10. The van der Waals surface area contributed by atoms with Crippen LogP contribution in [0, 0.1) is 11.3 Å². The van der Waals surface area contributed by atoms with Crippen molar-refractivity contribution in [2.45, 2.75) is 33.1 Å². The van der Waals surface area contributed by atoms with Gasteiger partial charge in [0.05, 0.1) is 7.11 Å². The number of hydrogen-bond donors (Lipinski definition) is 1. The average Bonchev–Trinajstić information content (AvgIpc) is 3.30. The number of fused-ring (bicyclic) bond motifs is 1. The van der Waals surface area contributed by atoms with Crippen LogP contribution in [0.25, 0.3) is 10.8 Å². The van der Waals surface area contributed by atoms with Crippen molar-refractivity contribution < 1.29 is 9.53 Å². The number of amides is 1. The van der Waals surface area contributed by atoms with E-state index in [4.69, 9.17) is 4.74 Å². The van der Waals surface area contributed by atoms with Crippen molar-refractivity contribution in [3.63, 3.8) is 0 Å². The SMILES string of the molecule is COc1ccc2cc(C(=O)NCC3(CC(C)C)CC3)ncc2c1. The number of methoxy groups -OCH3 is 1. The predicted octanol–water partition coefficient (Wildman–Crippen LogP) is 3.80. The monoisotopic (exact) mass is 312 g/mol. The summed E-state index contributed by atoms with van der Waals surface area (Å²) in [5, 5.41) is 5.03. The van der Waals surface area contributed by atoms with Gasteiger partial charge in [0, 0.05) is 18.1 Å². The van der Waals surface area contributed by atoms with Crippen molar-refractivity contribution in [3.05, 3.63) is 36.2 Å². The highest BCUT2D eigenvalue weighted by molar-refractivity contribution is 5.96. The van der Waals surface area contributed by atoms with Gasteiger partial charge in [0.1, 0.15) is 11.4 Å². The normalized spacial score (nSPS) is 15.7. The summed E-state index contributed by atoms with van der Waals surface area (Å²) >= 11 is 0. The third kappa shape index (κ3) is 3.63. The lowest BCUT2D eigenvalue weighted by molar-refractivity contribution is 0.0937. The minimum Gasteiger partial charge on any atom is -0.497 e. The molecule has 0 atom stereocenters. The highest BCUT2D eigenvalue weighted by atomic mass is 16.5. The molecule has 0 radical (unpaired) electrons. The molecule has 1 aromatic carbocycles. The van der Waals surface area contributed by atoms with Crippen molar-refractivity contribution in [1.82, 2.24) is 10.3 Å². The van der Waals surface area contributed by atoms with E-state index in [0.29, 0.717) is 17.0 Å². The lowest BCUT2D eigenvalue weighted by Gasteiger charge is -2.18. The smallest absolute Gasteiger partial charge is 0.269 e. The molecule has 1 aliphatic carbocycles. The standard InChI is InChI=1S/C19H24N2O2/c1-13(2)10-19(6-7-19)12-21-18(22)17-9-14-4-5-16(23-3)8-15(14)11-20-17/h4-5,8-9,11,13H,6-7,10,12H2,1-3H3,(H,21,22). The van der Waals surface area contributed by atoms with Crippen LogP contribution in [0.15, 0.2) is 30.5 Å². The van der Waals surface area contributed by atoms with Crippen LogP contribution in [0.2, 0.25) is 0 Å². The molecule has 122 valence electrons. The molecule has 3 rings (SSSR count). The number of benzene rings is 1. The number of hydrogen-bond acceptors (Lipinski definition) is 3. The van der Waals surface area contributed by atoms with Crippen LogP contribution in [0.4, 0.5) is 0 Å². The second-order valence-corrected chi connectivity index (χ2v) is 7.06. The van der Waals surface area contributed by atoms with Crippen molar-refractivity contribution in [2.75, 3.05) is 13.7 Å². The number of carbonyl (C=O) groups excluding carboxylic acids is 1. The summed E-state index contributed by atoms with van der Waals surface area (Å²) in [5.74, 6) is 1.38. The maximum Gasteiger partial charge on any atom is 0.269 e. The van der Waals surface area contributed by atoms with Crippen molar-refractivity contribution in [1.29, 1.82) is 0 Å². The second-order valence-electron chi connectivity index (χ2n) is 7.06. The first kappa shape index (κ1) is 15.8. The molecule has 1 aromatic heterocycles. The molecule has 0 aliphatic heterocycles. The minimum atomic E-state index is -0.0854. The van der Waals surface area contributed by atoms with E-state index in [1.165, 1.54) is 19.3 Å². The van der Waals surface area contributed by atoms with Crippen LogP contribution in [0.1, 0.15) is 43.6 Å². The molecule has 1 aliphatic rings. The number of rotatable bonds is 6. The molecule has 1 saturated carbocycles. The number of carbonyl (C=O) groups is 1. The fraction of sp³-hybridized carbons (Fsp3) is 0.474. The summed E-state index contributed by atoms with van der Waals surface area (Å²) in [6.07, 6.45) is 5.35. The Labute approximate surface area is 137 Å². The van der Waals surface area contributed by atoms with Crippen molar-refractivity contribution >= 4 is 16.7 Å². The molecule has 0 spiro atoms. The van der Waals surface area contributed by atoms with E-state index in [1.54, 1.807) is 13.3 Å². The number of nitrogens with zero attached hydrogens (tertiary/aromatic N) is 1. The van der Waals surface area contributed by atoms with E-state index in [-0.39, 0.29) is 5.91 Å². The molecular weight excluding hydrogens is 288 g/mol. The van der Waals surface area contributed by atoms with E-state index < -0.39 is 0 Å². The van der Waals surface area contributed by atoms with E-state index in [2.05, 4.69) is 24.1 Å². The summed E-state index contributed by atoms with van der Waals surface area (Å²) in [4.78, 5) is 16.7. The Balaban J connectivity index is 1.69. The van der Waals surface area contributed by atoms with Crippen molar-refractivity contribution in [3.8, 4) is 5.75 Å². The highest BCUT2D eigenvalue weighted by Crippen LogP contribution is 2.50. The molecule has 4 heteroatoms. The van der Waals surface area contributed by atoms with Gasteiger partial charge in [-0.05, 0) is 54.2 Å². The lowest BCUT2D eigenvalue weighted by Crippen LogP contribution is -2.31. The first-order valence-electron chi connectivity index (χ1n) is 8.23. The number of nitrogens with one attached hydrogen (secondary N) is 1. The van der Waals surface area contributed by atoms with Gasteiger partial charge in [-0.2, -0.15) is 0 Å². The third-order valence-electron chi connectivity index (χ3n) is 4.58. The molecule has 4 nitrogen and oxygen atoms in total. The first-order valence-corrected chi connectivity index (χ1v) is 8.23. The van der Waals surface area contributed by atoms with E-state index >= 15 is 0 Å². The largest absolute Gasteiger partial charge is 0.497 e. The van der Waals surface area contributed by atoms with Crippen LogP contribution in [0.3, 0.4) is 0 Å². The second kappa shape index (κ2) is 6.19. The first-order chi connectivity index (χ1) is 11.0. The quantitative estimate of drug-likeness (QED) is 0.882. The zero-order valence-electron chi connectivity index (χ0n) is 14.1. The van der Waals surface area contributed by atoms with Crippen LogP contribution < -0.4 is 10.1 Å². The third-order valence-corrected chi connectivity index (χ3v) is 4.58. The Kier molecular flexibility index (Phi) is 4.24. The maximum absolute atomic E-state index is 12.4. The van der Waals surface area contributed by atoms with E-state index in [0.717, 1.165) is 23.1 Å². The molecule has 1 heterocycles. The van der Waals surface area contributed by atoms with Gasteiger partial charge >= 0.3 is 0 Å². The number of aromatic nitrogens is 1. The summed E-state index contributed by atoms with van der Waals surface area (Å²) < 4.78 is 5.21. The van der Waals surface area contributed by atoms with Gasteiger partial charge < -0.3 is 10.1 Å². The van der Waals surface area contributed by atoms with E-state index in [1.807, 2.05) is 24.3 Å². The molecule has 0 unspecified atom stereocenters. The number of ether oxygens (including phenoxy) is 1. The molecule has 1 fully saturated rings. The van der Waals surface area contributed by atoms with Gasteiger partial charge in [-0.3, -0.25) is 9.78 Å². The topological polar surface area (TPSA) is 51.2 Å². The fourth-order valence-electron chi connectivity index (χ4n) is 3.23. The lowest BCUT2D eigenvalue weighted by atomic mass is 9.94. The van der Waals surface area contributed by atoms with Gasteiger partial charge in [0.2, 0.25) is 0 Å². The summed E-state index contributed by atoms with van der Waals surface area (Å²) in [5.41, 5.74) is 0.802. The van der Waals surface area contributed by atoms with Crippen molar-refractivity contribution in [2.24, 2.45) is 11.3 Å². The van der Waals surface area contributed by atoms with Crippen LogP contribution in [0.5, 0.6) is 5.75 Å². The summed E-state index contributed by atoms with van der Waals surface area (Å²) in [7, 11) is 1.64. The Bertz CT molecular complexity index is 720. The Morgan fingerprint density at radius 2 is 2.09 bits per heavy atom. The molecule has 23 heavy (non-hydrogen) atoms. The van der Waals surface area contributed by atoms with Gasteiger partial charge in [-0.1, -0.05) is 19.9 Å². The van der Waals surface area contributed by atoms with E-state index in [9.17, 15) is 4.79 Å². The summed E-state index contributed by atoms with van der Waals surface area (Å²) in [6, 6.07) is 7.61. The predicted molar refractivity (Wildman–Crippen MR) is 91.8 cm³/mol. The van der Waals surface area contributed by atoms with Gasteiger partial charge in [-0.25, -0.2) is 0 Å². The molecule has 0 saturated heterocycles. The average molecular weight is 312 g/mol. The zero-order valence-corrected chi connectivity index (χ0v) is 14.1. The highest BCUT2D eigenvalue weighted by Gasteiger charge is 2.42. The molecule has 1 amide bonds. The van der Waals surface area contributed by atoms with Gasteiger partial charge in [-0.15, -0.1) is 0 Å².